The Hall–Kier alpha value is -1.78. The highest BCUT2D eigenvalue weighted by atomic mass is 31.2. The SMILES string of the molecule is CCCCCCC/C=C\CCCCCCCC(=O)NC(COP(=O)(O)OCC(O)COC(=O)CCCCCCCC)C(=O)O. The number of unbranched alkanes of at least 4 members (excludes halogenated alkanes) is 15. The van der Waals surface area contributed by atoms with Gasteiger partial charge in [0.1, 0.15) is 12.7 Å². The average Bonchev–Trinajstić information content (AvgIpc) is 2.99. The van der Waals surface area contributed by atoms with Crippen molar-refractivity contribution in [1.82, 2.24) is 5.32 Å². The molecular weight excluding hydrogens is 589 g/mol. The van der Waals surface area contributed by atoms with Crippen LogP contribution in [0.3, 0.4) is 0 Å². The zero-order chi connectivity index (χ0) is 32.9. The Balaban J connectivity index is 4.04. The highest BCUT2D eigenvalue weighted by Crippen LogP contribution is 2.43. The number of ether oxygens (including phenoxy) is 1. The van der Waals surface area contributed by atoms with Crippen LogP contribution in [0.25, 0.3) is 0 Å². The molecule has 0 bridgehead atoms. The molecular formula is C32H60NO10P. The van der Waals surface area contributed by atoms with Crippen LogP contribution in [-0.2, 0) is 32.7 Å². The zero-order valence-electron chi connectivity index (χ0n) is 27.2. The molecule has 0 aliphatic carbocycles. The lowest BCUT2D eigenvalue weighted by Gasteiger charge is -2.18. The predicted octanol–water partition coefficient (Wildman–Crippen LogP) is 6.99. The molecule has 0 spiro atoms. The van der Waals surface area contributed by atoms with Crippen molar-refractivity contribution in [2.45, 2.75) is 154 Å². The van der Waals surface area contributed by atoms with Gasteiger partial charge in [-0.3, -0.25) is 18.6 Å². The predicted molar refractivity (Wildman–Crippen MR) is 171 cm³/mol. The number of rotatable bonds is 31. The molecule has 1 amide bonds. The van der Waals surface area contributed by atoms with Gasteiger partial charge < -0.3 is 25.2 Å². The van der Waals surface area contributed by atoms with Gasteiger partial charge in [0.25, 0.3) is 0 Å². The number of carbonyl (C=O) groups excluding carboxylic acids is 2. The van der Waals surface area contributed by atoms with Crippen LogP contribution in [0.4, 0.5) is 0 Å². The van der Waals surface area contributed by atoms with Crippen molar-refractivity contribution in [2.24, 2.45) is 0 Å². The quantitative estimate of drug-likeness (QED) is 0.0266. The smallest absolute Gasteiger partial charge is 0.472 e. The van der Waals surface area contributed by atoms with Gasteiger partial charge in [-0.1, -0.05) is 103 Å². The molecule has 0 fully saturated rings. The number of esters is 1. The van der Waals surface area contributed by atoms with E-state index in [1.54, 1.807) is 0 Å². The lowest BCUT2D eigenvalue weighted by Crippen LogP contribution is -2.43. The molecule has 0 aromatic carbocycles. The van der Waals surface area contributed by atoms with Crippen molar-refractivity contribution in [2.75, 3.05) is 19.8 Å². The van der Waals surface area contributed by atoms with E-state index in [2.05, 4.69) is 35.8 Å². The molecule has 3 unspecified atom stereocenters. The monoisotopic (exact) mass is 649 g/mol. The van der Waals surface area contributed by atoms with E-state index in [4.69, 9.17) is 9.26 Å². The molecule has 0 rings (SSSR count). The number of nitrogens with one attached hydrogen (secondary N) is 1. The number of phosphoric ester groups is 1. The molecule has 0 aromatic heterocycles. The van der Waals surface area contributed by atoms with E-state index in [1.807, 2.05) is 0 Å². The Morgan fingerprint density at radius 1 is 0.705 bits per heavy atom. The summed E-state index contributed by atoms with van der Waals surface area (Å²) in [5.41, 5.74) is 0. The molecule has 0 aliphatic rings. The van der Waals surface area contributed by atoms with E-state index in [9.17, 15) is 34.1 Å². The van der Waals surface area contributed by atoms with Crippen LogP contribution in [-0.4, -0.2) is 64.9 Å². The van der Waals surface area contributed by atoms with Gasteiger partial charge in [-0.2, -0.15) is 0 Å². The maximum absolute atomic E-state index is 12.2. The van der Waals surface area contributed by atoms with E-state index in [0.717, 1.165) is 64.2 Å². The second-order valence-electron chi connectivity index (χ2n) is 11.4. The highest BCUT2D eigenvalue weighted by Gasteiger charge is 2.28. The number of hydrogen-bond donors (Lipinski definition) is 4. The van der Waals surface area contributed by atoms with E-state index in [1.165, 1.54) is 38.5 Å². The normalized spacial score (nSPS) is 14.3. The summed E-state index contributed by atoms with van der Waals surface area (Å²) >= 11 is 0. The third-order valence-electron chi connectivity index (χ3n) is 7.05. The number of phosphoric acid groups is 1. The lowest BCUT2D eigenvalue weighted by molar-refractivity contribution is -0.147. The first-order valence-corrected chi connectivity index (χ1v) is 18.2. The van der Waals surface area contributed by atoms with Crippen LogP contribution in [0.2, 0.25) is 0 Å². The molecule has 258 valence electrons. The Morgan fingerprint density at radius 2 is 1.18 bits per heavy atom. The first kappa shape index (κ1) is 42.2. The first-order valence-electron chi connectivity index (χ1n) is 16.7. The van der Waals surface area contributed by atoms with E-state index < -0.39 is 57.6 Å². The molecule has 3 atom stereocenters. The first-order chi connectivity index (χ1) is 21.1. The standard InChI is InChI=1S/C32H60NO10P/c1-3-5-7-9-11-12-13-14-15-16-17-18-19-21-23-30(35)33-29(32(37)38)27-43-44(39,40)42-26-28(34)25-41-31(36)24-22-20-10-8-6-4-2/h13-14,28-29,34H,3-12,15-27H2,1-2H3,(H,33,35)(H,37,38)(H,39,40)/b14-13-. The summed E-state index contributed by atoms with van der Waals surface area (Å²) in [6.45, 7) is 2.46. The third kappa shape index (κ3) is 27.7. The fraction of sp³-hybridized carbons (Fsp3) is 0.844. The maximum atomic E-state index is 12.2. The number of amides is 1. The molecule has 0 radical (unpaired) electrons. The Bertz CT molecular complexity index is 823. The summed E-state index contributed by atoms with van der Waals surface area (Å²) in [6, 6.07) is -1.54. The molecule has 0 aromatic rings. The Kier molecular flexibility index (Phi) is 27.5. The van der Waals surface area contributed by atoms with Crippen molar-refractivity contribution in [3.63, 3.8) is 0 Å². The molecule has 0 saturated heterocycles. The Morgan fingerprint density at radius 3 is 1.73 bits per heavy atom. The van der Waals surface area contributed by atoms with Crippen molar-refractivity contribution in [3.8, 4) is 0 Å². The summed E-state index contributed by atoms with van der Waals surface area (Å²) in [5.74, 6) is -2.39. The van der Waals surface area contributed by atoms with Crippen molar-refractivity contribution in [3.05, 3.63) is 12.2 Å². The summed E-state index contributed by atoms with van der Waals surface area (Å²) in [7, 11) is -4.73. The highest BCUT2D eigenvalue weighted by molar-refractivity contribution is 7.47. The fourth-order valence-electron chi connectivity index (χ4n) is 4.37. The molecule has 0 saturated carbocycles. The second-order valence-corrected chi connectivity index (χ2v) is 12.8. The summed E-state index contributed by atoms with van der Waals surface area (Å²) in [6.07, 6.45) is 22.8. The number of aliphatic hydroxyl groups is 1. The van der Waals surface area contributed by atoms with E-state index in [-0.39, 0.29) is 12.8 Å². The number of aliphatic carboxylic acids is 1. The summed E-state index contributed by atoms with van der Waals surface area (Å²) in [5, 5.41) is 21.6. The fourth-order valence-corrected chi connectivity index (χ4v) is 5.14. The van der Waals surface area contributed by atoms with E-state index >= 15 is 0 Å². The molecule has 0 aliphatic heterocycles. The molecule has 4 N–H and O–H groups in total. The minimum atomic E-state index is -4.73. The number of allylic oxidation sites excluding steroid dienone is 2. The van der Waals surface area contributed by atoms with Gasteiger partial charge in [-0.05, 0) is 38.5 Å². The summed E-state index contributed by atoms with van der Waals surface area (Å²) in [4.78, 5) is 45.3. The van der Waals surface area contributed by atoms with Gasteiger partial charge in [0.05, 0.1) is 13.2 Å². The number of carboxylic acid groups (broad SMARTS) is 1. The van der Waals surface area contributed by atoms with Crippen LogP contribution >= 0.6 is 7.82 Å². The average molecular weight is 650 g/mol. The topological polar surface area (TPSA) is 169 Å². The largest absolute Gasteiger partial charge is 0.480 e. The molecule has 44 heavy (non-hydrogen) atoms. The zero-order valence-corrected chi connectivity index (χ0v) is 28.1. The molecule has 12 heteroatoms. The number of carboxylic acids is 1. The number of aliphatic hydroxyl groups excluding tert-OH is 1. The van der Waals surface area contributed by atoms with Gasteiger partial charge >= 0.3 is 19.8 Å². The Labute approximate surface area is 265 Å². The second kappa shape index (κ2) is 28.7. The minimum Gasteiger partial charge on any atom is -0.480 e. The lowest BCUT2D eigenvalue weighted by atomic mass is 10.1. The molecule has 11 nitrogen and oxygen atoms in total. The van der Waals surface area contributed by atoms with E-state index in [0.29, 0.717) is 12.8 Å². The van der Waals surface area contributed by atoms with Crippen molar-refractivity contribution >= 4 is 25.7 Å². The van der Waals surface area contributed by atoms with Gasteiger partial charge in [0.2, 0.25) is 5.91 Å². The molecule has 0 heterocycles. The van der Waals surface area contributed by atoms with Crippen LogP contribution < -0.4 is 5.32 Å². The van der Waals surface area contributed by atoms with Crippen molar-refractivity contribution < 1.29 is 47.8 Å². The number of carbonyl (C=O) groups is 3. The van der Waals surface area contributed by atoms with Crippen molar-refractivity contribution in [1.29, 1.82) is 0 Å². The van der Waals surface area contributed by atoms with Gasteiger partial charge in [-0.15, -0.1) is 0 Å². The minimum absolute atomic E-state index is 0.138. The van der Waals surface area contributed by atoms with Crippen LogP contribution in [0.15, 0.2) is 12.2 Å². The van der Waals surface area contributed by atoms with Crippen LogP contribution in [0, 0.1) is 0 Å². The van der Waals surface area contributed by atoms with Gasteiger partial charge in [0, 0.05) is 12.8 Å². The van der Waals surface area contributed by atoms with Crippen LogP contribution in [0.5, 0.6) is 0 Å². The van der Waals surface area contributed by atoms with Gasteiger partial charge in [0.15, 0.2) is 6.04 Å². The van der Waals surface area contributed by atoms with Crippen LogP contribution in [0.1, 0.15) is 142 Å². The van der Waals surface area contributed by atoms with Gasteiger partial charge in [-0.25, -0.2) is 9.36 Å². The number of hydrogen-bond acceptors (Lipinski definition) is 8. The summed E-state index contributed by atoms with van der Waals surface area (Å²) < 4.78 is 26.5. The third-order valence-corrected chi connectivity index (χ3v) is 8.01. The maximum Gasteiger partial charge on any atom is 0.472 e.